The number of carbonyl (C=O) groups excluding carboxylic acids is 1. The van der Waals surface area contributed by atoms with Gasteiger partial charge in [-0.1, -0.05) is 11.6 Å². The number of nitrogens with two attached hydrogens (primary N) is 1. The molecule has 0 bridgehead atoms. The molecule has 33 heavy (non-hydrogen) atoms. The van der Waals surface area contributed by atoms with Crippen LogP contribution in [0.15, 0.2) is 30.5 Å². The lowest BCUT2D eigenvalue weighted by Crippen LogP contribution is -2.39. The standard InChI is InChI=1S/C24H30ClN7O/c1-15-13-32-22(28-23(15)30-10-8-17(14-30)27-2)12-20(29-32)21-5-3-4-9-31(21)24(33)18-11-16(25)6-7-19(18)26/h6-7,11-13,17,21,27H,3-5,8-10,14,26H2,1-2H3. The summed E-state index contributed by atoms with van der Waals surface area (Å²) >= 11 is 6.15. The van der Waals surface area contributed by atoms with Gasteiger partial charge >= 0.3 is 0 Å². The van der Waals surface area contributed by atoms with Gasteiger partial charge in [0.25, 0.3) is 5.91 Å². The predicted octanol–water partition coefficient (Wildman–Crippen LogP) is 3.44. The van der Waals surface area contributed by atoms with E-state index in [1.54, 1.807) is 18.2 Å². The Labute approximate surface area is 198 Å². The fourth-order valence-electron chi connectivity index (χ4n) is 5.04. The van der Waals surface area contributed by atoms with Gasteiger partial charge in [-0.25, -0.2) is 9.50 Å². The average Bonchev–Trinajstić information content (AvgIpc) is 3.46. The number of nitrogen functional groups attached to an aromatic ring is 1. The molecule has 2 saturated heterocycles. The van der Waals surface area contributed by atoms with Gasteiger partial charge in [-0.2, -0.15) is 5.10 Å². The van der Waals surface area contributed by atoms with Crippen molar-refractivity contribution in [2.24, 2.45) is 0 Å². The minimum atomic E-state index is -0.115. The molecule has 0 aliphatic carbocycles. The molecule has 2 atom stereocenters. The summed E-state index contributed by atoms with van der Waals surface area (Å²) in [5.74, 6) is 0.909. The molecule has 2 aliphatic rings. The summed E-state index contributed by atoms with van der Waals surface area (Å²) in [6.45, 7) is 4.68. The Morgan fingerprint density at radius 1 is 1.21 bits per heavy atom. The molecule has 2 aromatic heterocycles. The molecule has 5 rings (SSSR count). The van der Waals surface area contributed by atoms with E-state index in [-0.39, 0.29) is 11.9 Å². The van der Waals surface area contributed by atoms with Crippen molar-refractivity contribution in [1.82, 2.24) is 24.8 Å². The molecule has 0 saturated carbocycles. The second kappa shape index (κ2) is 8.83. The Morgan fingerprint density at radius 2 is 2.06 bits per heavy atom. The summed E-state index contributed by atoms with van der Waals surface area (Å²) in [5.41, 5.74) is 9.76. The summed E-state index contributed by atoms with van der Waals surface area (Å²) in [7, 11) is 2.01. The topological polar surface area (TPSA) is 91.8 Å². The van der Waals surface area contributed by atoms with Crippen molar-refractivity contribution in [3.8, 4) is 0 Å². The van der Waals surface area contributed by atoms with Crippen LogP contribution < -0.4 is 16.0 Å². The number of likely N-dealkylation sites (tertiary alicyclic amines) is 1. The van der Waals surface area contributed by atoms with E-state index >= 15 is 0 Å². The number of halogens is 1. The maximum absolute atomic E-state index is 13.4. The number of fused-ring (bicyclic) bond motifs is 1. The Hall–Kier alpha value is -2.84. The number of aryl methyl sites for hydroxylation is 1. The van der Waals surface area contributed by atoms with E-state index < -0.39 is 0 Å². The number of hydrogen-bond acceptors (Lipinski definition) is 6. The van der Waals surface area contributed by atoms with Gasteiger partial charge in [-0.3, -0.25) is 4.79 Å². The van der Waals surface area contributed by atoms with Crippen molar-refractivity contribution < 1.29 is 4.79 Å². The first-order valence-corrected chi connectivity index (χ1v) is 12.0. The van der Waals surface area contributed by atoms with Crippen LogP contribution in [-0.4, -0.2) is 58.1 Å². The van der Waals surface area contributed by atoms with Crippen molar-refractivity contribution in [3.05, 3.63) is 52.3 Å². The molecule has 1 amide bonds. The van der Waals surface area contributed by atoms with Crippen LogP contribution in [0, 0.1) is 6.92 Å². The van der Waals surface area contributed by atoms with Gasteiger partial charge in [0.05, 0.1) is 17.3 Å². The molecular weight excluding hydrogens is 438 g/mol. The lowest BCUT2D eigenvalue weighted by Gasteiger charge is -2.35. The van der Waals surface area contributed by atoms with Crippen molar-refractivity contribution >= 4 is 34.7 Å². The Morgan fingerprint density at radius 3 is 2.85 bits per heavy atom. The number of nitrogens with one attached hydrogen (secondary N) is 1. The molecule has 174 valence electrons. The zero-order valence-corrected chi connectivity index (χ0v) is 19.8. The van der Waals surface area contributed by atoms with Crippen LogP contribution in [0.3, 0.4) is 0 Å². The molecule has 8 nitrogen and oxygen atoms in total. The van der Waals surface area contributed by atoms with Crippen molar-refractivity contribution in [2.75, 3.05) is 37.3 Å². The Bertz CT molecular complexity index is 1190. The van der Waals surface area contributed by atoms with E-state index in [2.05, 4.69) is 17.1 Å². The van der Waals surface area contributed by atoms with Gasteiger partial charge in [0, 0.05) is 54.2 Å². The molecule has 2 unspecified atom stereocenters. The molecule has 0 spiro atoms. The Kier molecular flexibility index (Phi) is 5.88. The van der Waals surface area contributed by atoms with Gasteiger partial charge < -0.3 is 20.9 Å². The zero-order chi connectivity index (χ0) is 23.1. The number of amides is 1. The number of likely N-dealkylation sites (N-methyl/N-ethyl adjacent to an activating group) is 1. The quantitative estimate of drug-likeness (QED) is 0.571. The smallest absolute Gasteiger partial charge is 0.256 e. The van der Waals surface area contributed by atoms with Crippen LogP contribution in [-0.2, 0) is 0 Å². The van der Waals surface area contributed by atoms with E-state index in [1.807, 2.05) is 28.7 Å². The first-order chi connectivity index (χ1) is 15.9. The van der Waals surface area contributed by atoms with Gasteiger partial charge in [0.15, 0.2) is 5.65 Å². The third-order valence-electron chi connectivity index (χ3n) is 6.87. The number of carbonyl (C=O) groups is 1. The van der Waals surface area contributed by atoms with E-state index in [0.29, 0.717) is 28.9 Å². The second-order valence-electron chi connectivity index (χ2n) is 9.08. The molecular formula is C24H30ClN7O. The highest BCUT2D eigenvalue weighted by Gasteiger charge is 2.32. The van der Waals surface area contributed by atoms with Crippen LogP contribution in [0.1, 0.15) is 53.3 Å². The van der Waals surface area contributed by atoms with Gasteiger partial charge in [0.2, 0.25) is 0 Å². The van der Waals surface area contributed by atoms with Gasteiger partial charge in [-0.05, 0) is 57.9 Å². The number of nitrogens with zero attached hydrogens (tertiary/aromatic N) is 5. The Balaban J connectivity index is 1.46. The summed E-state index contributed by atoms with van der Waals surface area (Å²) in [5, 5.41) is 8.70. The first-order valence-electron chi connectivity index (χ1n) is 11.6. The van der Waals surface area contributed by atoms with Crippen molar-refractivity contribution in [2.45, 2.75) is 44.7 Å². The summed E-state index contributed by atoms with van der Waals surface area (Å²) in [6.07, 6.45) is 6.01. The van der Waals surface area contributed by atoms with E-state index in [0.717, 1.165) is 61.5 Å². The molecule has 2 fully saturated rings. The van der Waals surface area contributed by atoms with Crippen molar-refractivity contribution in [1.29, 1.82) is 0 Å². The fourth-order valence-corrected chi connectivity index (χ4v) is 5.21. The highest BCUT2D eigenvalue weighted by Crippen LogP contribution is 2.34. The number of aromatic nitrogens is 3. The molecule has 2 aliphatic heterocycles. The minimum absolute atomic E-state index is 0.100. The fraction of sp³-hybridized carbons (Fsp3) is 0.458. The minimum Gasteiger partial charge on any atom is -0.398 e. The van der Waals surface area contributed by atoms with Crippen LogP contribution >= 0.6 is 11.6 Å². The number of rotatable bonds is 4. The first kappa shape index (κ1) is 22.0. The summed E-state index contributed by atoms with van der Waals surface area (Å²) in [6, 6.07) is 7.43. The normalized spacial score (nSPS) is 21.2. The number of benzene rings is 1. The zero-order valence-electron chi connectivity index (χ0n) is 19.1. The monoisotopic (exact) mass is 467 g/mol. The van der Waals surface area contributed by atoms with Crippen molar-refractivity contribution in [3.63, 3.8) is 0 Å². The number of piperidine rings is 1. The molecule has 3 aromatic rings. The molecule has 3 N–H and O–H groups in total. The van der Waals surface area contributed by atoms with Gasteiger partial charge in [-0.15, -0.1) is 0 Å². The molecule has 4 heterocycles. The largest absolute Gasteiger partial charge is 0.398 e. The molecule has 1 aromatic carbocycles. The van der Waals surface area contributed by atoms with Crippen LogP contribution in [0.2, 0.25) is 5.02 Å². The molecule has 9 heteroatoms. The van der Waals surface area contributed by atoms with Crippen LogP contribution in [0.25, 0.3) is 5.65 Å². The van der Waals surface area contributed by atoms with E-state index in [1.165, 1.54) is 0 Å². The second-order valence-corrected chi connectivity index (χ2v) is 9.52. The maximum atomic E-state index is 13.4. The highest BCUT2D eigenvalue weighted by atomic mass is 35.5. The maximum Gasteiger partial charge on any atom is 0.256 e. The summed E-state index contributed by atoms with van der Waals surface area (Å²) in [4.78, 5) is 22.6. The van der Waals surface area contributed by atoms with Crippen LogP contribution in [0.4, 0.5) is 11.5 Å². The lowest BCUT2D eigenvalue weighted by molar-refractivity contribution is 0.0607. The molecule has 0 radical (unpaired) electrons. The average molecular weight is 468 g/mol. The third-order valence-corrected chi connectivity index (χ3v) is 7.11. The van der Waals surface area contributed by atoms with E-state index in [9.17, 15) is 4.79 Å². The van der Waals surface area contributed by atoms with E-state index in [4.69, 9.17) is 27.4 Å². The number of anilines is 2. The van der Waals surface area contributed by atoms with Crippen LogP contribution in [0.5, 0.6) is 0 Å². The predicted molar refractivity (Wildman–Crippen MR) is 131 cm³/mol. The lowest BCUT2D eigenvalue weighted by atomic mass is 9.98. The number of hydrogen-bond donors (Lipinski definition) is 2. The summed E-state index contributed by atoms with van der Waals surface area (Å²) < 4.78 is 1.84. The SMILES string of the molecule is CNC1CCN(c2nc3cc(C4CCCCN4C(=O)c4cc(Cl)ccc4N)nn3cc2C)C1. The van der Waals surface area contributed by atoms with Gasteiger partial charge in [0.1, 0.15) is 5.82 Å². The highest BCUT2D eigenvalue weighted by molar-refractivity contribution is 6.31. The third kappa shape index (κ3) is 4.13.